The molecular formula is C12H6Cl2N4O. The maximum Gasteiger partial charge on any atom is 0.293 e. The molecule has 0 aliphatic carbocycles. The first-order chi connectivity index (χ1) is 9.16. The van der Waals surface area contributed by atoms with Crippen molar-refractivity contribution in [1.82, 2.24) is 19.7 Å². The van der Waals surface area contributed by atoms with Gasteiger partial charge in [-0.25, -0.2) is 4.98 Å². The number of rotatable bonds is 1. The second kappa shape index (κ2) is 4.60. The number of nitrogens with zero attached hydrogens (tertiary/aromatic N) is 4. The molecule has 94 valence electrons. The van der Waals surface area contributed by atoms with E-state index < -0.39 is 5.56 Å². The summed E-state index contributed by atoms with van der Waals surface area (Å²) in [6.45, 7) is 0. The molecule has 0 N–H and O–H groups in total. The lowest BCUT2D eigenvalue weighted by atomic mass is 10.3. The number of para-hydroxylation sites is 2. The number of halogens is 2. The quantitative estimate of drug-likeness (QED) is 0.691. The van der Waals surface area contributed by atoms with Crippen molar-refractivity contribution in [2.75, 3.05) is 0 Å². The predicted octanol–water partition coefficient (Wildman–Crippen LogP) is 2.48. The van der Waals surface area contributed by atoms with Gasteiger partial charge in [-0.05, 0) is 12.1 Å². The van der Waals surface area contributed by atoms with Gasteiger partial charge < -0.3 is 0 Å². The van der Waals surface area contributed by atoms with E-state index in [1.165, 1.54) is 12.4 Å². The summed E-state index contributed by atoms with van der Waals surface area (Å²) in [6.07, 6.45) is 2.75. The monoisotopic (exact) mass is 292 g/mol. The van der Waals surface area contributed by atoms with Gasteiger partial charge in [-0.3, -0.25) is 9.78 Å². The first kappa shape index (κ1) is 12.1. The third kappa shape index (κ3) is 2.07. The largest absolute Gasteiger partial charge is 0.293 e. The third-order valence-electron chi connectivity index (χ3n) is 2.53. The Labute approximate surface area is 117 Å². The summed E-state index contributed by atoms with van der Waals surface area (Å²) in [5.74, 6) is 0.294. The van der Waals surface area contributed by atoms with Gasteiger partial charge in [-0.1, -0.05) is 35.3 Å². The zero-order chi connectivity index (χ0) is 13.4. The van der Waals surface area contributed by atoms with Gasteiger partial charge in [0, 0.05) is 0 Å². The Hall–Kier alpha value is -1.98. The van der Waals surface area contributed by atoms with Crippen molar-refractivity contribution in [3.63, 3.8) is 0 Å². The lowest BCUT2D eigenvalue weighted by Gasteiger charge is -2.05. The van der Waals surface area contributed by atoms with Crippen LogP contribution in [-0.2, 0) is 0 Å². The Morgan fingerprint density at radius 3 is 2.58 bits per heavy atom. The zero-order valence-electron chi connectivity index (χ0n) is 9.42. The highest BCUT2D eigenvalue weighted by Crippen LogP contribution is 2.16. The highest BCUT2D eigenvalue weighted by atomic mass is 35.5. The maximum absolute atomic E-state index is 11.9. The van der Waals surface area contributed by atoms with E-state index in [2.05, 4.69) is 15.1 Å². The van der Waals surface area contributed by atoms with Gasteiger partial charge in [0.2, 0.25) is 0 Å². The van der Waals surface area contributed by atoms with Crippen molar-refractivity contribution in [2.45, 2.75) is 0 Å². The summed E-state index contributed by atoms with van der Waals surface area (Å²) in [4.78, 5) is 20.5. The molecule has 2 aromatic heterocycles. The van der Waals surface area contributed by atoms with Gasteiger partial charge in [0.05, 0.1) is 28.4 Å². The molecule has 1 aromatic carbocycles. The molecule has 0 saturated carbocycles. The Morgan fingerprint density at radius 1 is 1.05 bits per heavy atom. The van der Waals surface area contributed by atoms with Gasteiger partial charge >= 0.3 is 0 Å². The fourth-order valence-electron chi connectivity index (χ4n) is 1.63. The number of hydrogen-bond donors (Lipinski definition) is 0. The van der Waals surface area contributed by atoms with Crippen molar-refractivity contribution in [3.8, 4) is 5.82 Å². The van der Waals surface area contributed by atoms with Crippen LogP contribution in [0, 0.1) is 0 Å². The summed E-state index contributed by atoms with van der Waals surface area (Å²) >= 11 is 11.5. The van der Waals surface area contributed by atoms with E-state index in [1.54, 1.807) is 6.07 Å². The van der Waals surface area contributed by atoms with Gasteiger partial charge in [-0.2, -0.15) is 9.78 Å². The molecule has 7 heteroatoms. The van der Waals surface area contributed by atoms with Gasteiger partial charge in [0.15, 0.2) is 5.82 Å². The molecule has 0 unspecified atom stereocenters. The van der Waals surface area contributed by atoms with E-state index in [0.29, 0.717) is 11.3 Å². The number of fused-ring (bicyclic) bond motifs is 1. The van der Waals surface area contributed by atoms with Crippen LogP contribution in [0.15, 0.2) is 41.5 Å². The summed E-state index contributed by atoms with van der Waals surface area (Å²) in [5, 5.41) is 3.92. The van der Waals surface area contributed by atoms with E-state index in [9.17, 15) is 4.79 Å². The zero-order valence-corrected chi connectivity index (χ0v) is 10.9. The number of aromatic nitrogens is 4. The Bertz CT molecular complexity index is 831. The van der Waals surface area contributed by atoms with Crippen LogP contribution in [-0.4, -0.2) is 19.7 Å². The molecule has 5 nitrogen and oxygen atoms in total. The summed E-state index contributed by atoms with van der Waals surface area (Å²) in [7, 11) is 0. The normalized spacial score (nSPS) is 10.8. The average Bonchev–Trinajstić information content (AvgIpc) is 2.44. The van der Waals surface area contributed by atoms with E-state index in [1.807, 2.05) is 18.2 Å². The van der Waals surface area contributed by atoms with Crippen LogP contribution >= 0.6 is 23.2 Å². The molecule has 0 saturated heterocycles. The summed E-state index contributed by atoms with van der Waals surface area (Å²) < 4.78 is 1.06. The van der Waals surface area contributed by atoms with Gasteiger partial charge in [0.1, 0.15) is 5.02 Å². The molecule has 0 amide bonds. The van der Waals surface area contributed by atoms with Crippen LogP contribution in [0.4, 0.5) is 0 Å². The van der Waals surface area contributed by atoms with E-state index in [4.69, 9.17) is 23.2 Å². The first-order valence-electron chi connectivity index (χ1n) is 5.32. The molecular weight excluding hydrogens is 287 g/mol. The lowest BCUT2D eigenvalue weighted by Crippen LogP contribution is -2.22. The van der Waals surface area contributed by atoms with E-state index in [0.717, 1.165) is 10.2 Å². The van der Waals surface area contributed by atoms with Crippen molar-refractivity contribution in [3.05, 3.63) is 57.1 Å². The molecule has 0 atom stereocenters. The molecule has 3 rings (SSSR count). The van der Waals surface area contributed by atoms with Crippen LogP contribution in [0.5, 0.6) is 0 Å². The van der Waals surface area contributed by atoms with Crippen molar-refractivity contribution in [1.29, 1.82) is 0 Å². The minimum Gasteiger partial charge on any atom is -0.266 e. The Morgan fingerprint density at radius 2 is 1.79 bits per heavy atom. The Kier molecular flexibility index (Phi) is 2.93. The van der Waals surface area contributed by atoms with Gasteiger partial charge in [-0.15, -0.1) is 0 Å². The Balaban J connectivity index is 2.25. The minimum absolute atomic E-state index is 0.0911. The minimum atomic E-state index is -0.529. The fourth-order valence-corrected chi connectivity index (χ4v) is 1.88. The van der Waals surface area contributed by atoms with Gasteiger partial charge in [0.25, 0.3) is 5.56 Å². The highest BCUT2D eigenvalue weighted by Gasteiger charge is 2.10. The van der Waals surface area contributed by atoms with E-state index >= 15 is 0 Å². The fraction of sp³-hybridized carbons (Fsp3) is 0. The summed E-state index contributed by atoms with van der Waals surface area (Å²) in [6, 6.07) is 7.33. The third-order valence-corrected chi connectivity index (χ3v) is 3.28. The average molecular weight is 293 g/mol. The van der Waals surface area contributed by atoms with Crippen LogP contribution in [0.25, 0.3) is 16.9 Å². The van der Waals surface area contributed by atoms with Crippen LogP contribution in [0.1, 0.15) is 0 Å². The molecule has 0 aliphatic rings. The lowest BCUT2D eigenvalue weighted by molar-refractivity contribution is 0.781. The molecule has 2 heterocycles. The van der Waals surface area contributed by atoms with Crippen molar-refractivity contribution in [2.24, 2.45) is 0 Å². The van der Waals surface area contributed by atoms with Crippen LogP contribution in [0.2, 0.25) is 10.0 Å². The van der Waals surface area contributed by atoms with Crippen LogP contribution in [0.3, 0.4) is 0 Å². The number of hydrogen-bond acceptors (Lipinski definition) is 4. The molecule has 19 heavy (non-hydrogen) atoms. The second-order valence-corrected chi connectivity index (χ2v) is 4.53. The molecule has 0 radical (unpaired) electrons. The molecule has 0 aliphatic heterocycles. The predicted molar refractivity (Wildman–Crippen MR) is 73.0 cm³/mol. The first-order valence-corrected chi connectivity index (χ1v) is 6.08. The highest BCUT2D eigenvalue weighted by molar-refractivity contribution is 6.41. The summed E-state index contributed by atoms with van der Waals surface area (Å²) in [5.41, 5.74) is 0.873. The molecule has 0 bridgehead atoms. The van der Waals surface area contributed by atoms with Crippen molar-refractivity contribution < 1.29 is 0 Å². The van der Waals surface area contributed by atoms with E-state index in [-0.39, 0.29) is 10.0 Å². The SMILES string of the molecule is O=c1c(Cl)c(Cl)cnn1-c1cnc2ccccc2n1. The van der Waals surface area contributed by atoms with Crippen LogP contribution < -0.4 is 5.56 Å². The topological polar surface area (TPSA) is 60.7 Å². The maximum atomic E-state index is 11.9. The van der Waals surface area contributed by atoms with Crippen molar-refractivity contribution >= 4 is 34.2 Å². The smallest absolute Gasteiger partial charge is 0.266 e. The number of benzene rings is 1. The standard InChI is InChI=1S/C12H6Cl2N4O/c13-7-5-16-18(12(19)11(7)14)10-6-15-8-3-1-2-4-9(8)17-10/h1-6H. The molecule has 3 aromatic rings. The molecule has 0 fully saturated rings. The second-order valence-electron chi connectivity index (χ2n) is 3.74. The molecule has 0 spiro atoms.